The van der Waals surface area contributed by atoms with Crippen molar-refractivity contribution in [3.8, 4) is 5.75 Å². The molecule has 0 aromatic heterocycles. The van der Waals surface area contributed by atoms with Gasteiger partial charge in [0.1, 0.15) is 5.75 Å². The number of carboxylic acid groups (broad SMARTS) is 1. The summed E-state index contributed by atoms with van der Waals surface area (Å²) in [4.78, 5) is 10.7. The number of benzene rings is 1. The van der Waals surface area contributed by atoms with E-state index in [2.05, 4.69) is 15.9 Å². The number of carboxylic acids is 1. The van der Waals surface area contributed by atoms with E-state index in [0.717, 1.165) is 0 Å². The van der Waals surface area contributed by atoms with Crippen LogP contribution >= 0.6 is 15.9 Å². The average Bonchev–Trinajstić information content (AvgIpc) is 2.28. The van der Waals surface area contributed by atoms with Gasteiger partial charge in [-0.3, -0.25) is 4.79 Å². The van der Waals surface area contributed by atoms with Crippen molar-refractivity contribution >= 4 is 21.9 Å². The van der Waals surface area contributed by atoms with Crippen LogP contribution in [0.5, 0.6) is 5.75 Å². The van der Waals surface area contributed by atoms with E-state index in [1.54, 1.807) is 0 Å². The molecule has 6 heteroatoms. The highest BCUT2D eigenvalue weighted by molar-refractivity contribution is 9.10. The smallest absolute Gasteiger partial charge is 0.303 e. The summed E-state index contributed by atoms with van der Waals surface area (Å²) in [5.41, 5.74) is -1.16. The maximum absolute atomic E-state index is 14.3. The van der Waals surface area contributed by atoms with Crippen molar-refractivity contribution in [2.75, 3.05) is 6.61 Å². The molecule has 0 aliphatic heterocycles. The standard InChI is InChI=1S/C15H19BrF2O3/c1-4-21-12-6-5-10(7-11(12)16)15(17,18)9-14(2,3)8-13(19)20/h5-7H,4,8-9H2,1-3H3,(H,19,20). The molecule has 118 valence electrons. The Kier molecular flexibility index (Phi) is 5.73. The first-order valence-corrected chi connectivity index (χ1v) is 7.39. The monoisotopic (exact) mass is 364 g/mol. The Morgan fingerprint density at radius 3 is 2.48 bits per heavy atom. The van der Waals surface area contributed by atoms with Gasteiger partial charge in [-0.1, -0.05) is 13.8 Å². The molecule has 0 bridgehead atoms. The highest BCUT2D eigenvalue weighted by Gasteiger charge is 2.39. The van der Waals surface area contributed by atoms with E-state index in [-0.39, 0.29) is 12.0 Å². The third-order valence-electron chi connectivity index (χ3n) is 2.98. The molecule has 1 aromatic carbocycles. The van der Waals surface area contributed by atoms with Gasteiger partial charge in [0.15, 0.2) is 0 Å². The van der Waals surface area contributed by atoms with Crippen LogP contribution in [0.1, 0.15) is 39.2 Å². The fourth-order valence-electron chi connectivity index (χ4n) is 2.18. The van der Waals surface area contributed by atoms with Crippen LogP contribution in [0.15, 0.2) is 22.7 Å². The fourth-order valence-corrected chi connectivity index (χ4v) is 2.67. The maximum Gasteiger partial charge on any atom is 0.303 e. The Morgan fingerprint density at radius 1 is 1.38 bits per heavy atom. The predicted octanol–water partition coefficient (Wildman–Crippen LogP) is 4.83. The fraction of sp³-hybridized carbons (Fsp3) is 0.533. The SMILES string of the molecule is CCOc1ccc(C(F)(F)CC(C)(C)CC(=O)O)cc1Br. The first-order valence-electron chi connectivity index (χ1n) is 6.60. The van der Waals surface area contributed by atoms with Gasteiger partial charge < -0.3 is 9.84 Å². The zero-order valence-electron chi connectivity index (χ0n) is 12.3. The van der Waals surface area contributed by atoms with E-state index in [0.29, 0.717) is 16.8 Å². The van der Waals surface area contributed by atoms with Crippen molar-refractivity contribution < 1.29 is 23.4 Å². The van der Waals surface area contributed by atoms with Gasteiger partial charge >= 0.3 is 5.97 Å². The van der Waals surface area contributed by atoms with E-state index in [4.69, 9.17) is 9.84 Å². The van der Waals surface area contributed by atoms with Gasteiger partial charge in [0.2, 0.25) is 0 Å². The van der Waals surface area contributed by atoms with E-state index in [1.165, 1.54) is 32.0 Å². The summed E-state index contributed by atoms with van der Waals surface area (Å²) in [6.45, 7) is 5.31. The van der Waals surface area contributed by atoms with Gasteiger partial charge in [0.05, 0.1) is 17.5 Å². The van der Waals surface area contributed by atoms with Gasteiger partial charge in [0, 0.05) is 12.0 Å². The van der Waals surface area contributed by atoms with E-state index in [1.807, 2.05) is 6.92 Å². The van der Waals surface area contributed by atoms with Gasteiger partial charge in [-0.2, -0.15) is 0 Å². The first kappa shape index (κ1) is 17.9. The van der Waals surface area contributed by atoms with Crippen LogP contribution in [0.4, 0.5) is 8.78 Å². The van der Waals surface area contributed by atoms with Crippen molar-refractivity contribution in [1.82, 2.24) is 0 Å². The number of hydrogen-bond acceptors (Lipinski definition) is 2. The molecule has 0 radical (unpaired) electrons. The van der Waals surface area contributed by atoms with Crippen molar-refractivity contribution in [2.45, 2.75) is 39.5 Å². The average molecular weight is 365 g/mol. The zero-order chi connectivity index (χ0) is 16.3. The van der Waals surface area contributed by atoms with Crippen molar-refractivity contribution in [1.29, 1.82) is 0 Å². The van der Waals surface area contributed by atoms with Crippen LogP contribution in [0.25, 0.3) is 0 Å². The Labute approximate surface area is 131 Å². The summed E-state index contributed by atoms with van der Waals surface area (Å²) in [6.07, 6.45) is -0.840. The maximum atomic E-state index is 14.3. The molecule has 0 aliphatic rings. The molecule has 0 heterocycles. The second-order valence-electron chi connectivity index (χ2n) is 5.69. The molecule has 0 unspecified atom stereocenters. The van der Waals surface area contributed by atoms with Crippen molar-refractivity contribution in [3.05, 3.63) is 28.2 Å². The van der Waals surface area contributed by atoms with Crippen molar-refractivity contribution in [2.24, 2.45) is 5.41 Å². The van der Waals surface area contributed by atoms with E-state index >= 15 is 0 Å². The summed E-state index contributed by atoms with van der Waals surface area (Å²) in [7, 11) is 0. The molecule has 0 amide bonds. The molecule has 1 aromatic rings. The Bertz CT molecular complexity index is 516. The van der Waals surface area contributed by atoms with Crippen LogP contribution in [-0.4, -0.2) is 17.7 Å². The number of rotatable bonds is 7. The molecule has 0 atom stereocenters. The third kappa shape index (κ3) is 5.26. The van der Waals surface area contributed by atoms with Gasteiger partial charge in [-0.15, -0.1) is 0 Å². The van der Waals surface area contributed by atoms with E-state index < -0.39 is 23.7 Å². The van der Waals surface area contributed by atoms with Crippen LogP contribution in [0.2, 0.25) is 0 Å². The normalized spacial score (nSPS) is 12.3. The summed E-state index contributed by atoms with van der Waals surface area (Å²) in [5.74, 6) is -3.68. The minimum atomic E-state index is -3.10. The topological polar surface area (TPSA) is 46.5 Å². The summed E-state index contributed by atoms with van der Waals surface area (Å²) in [5, 5.41) is 8.79. The molecule has 0 spiro atoms. The zero-order valence-corrected chi connectivity index (χ0v) is 13.8. The molecule has 0 fully saturated rings. The number of ether oxygens (including phenoxy) is 1. The largest absolute Gasteiger partial charge is 0.493 e. The third-order valence-corrected chi connectivity index (χ3v) is 3.60. The first-order chi connectivity index (χ1) is 9.57. The number of alkyl halides is 2. The summed E-state index contributed by atoms with van der Waals surface area (Å²) >= 11 is 3.21. The molecule has 3 nitrogen and oxygen atoms in total. The lowest BCUT2D eigenvalue weighted by Gasteiger charge is -2.28. The molecule has 21 heavy (non-hydrogen) atoms. The number of halogens is 3. The Morgan fingerprint density at radius 2 is 2.00 bits per heavy atom. The molecule has 1 N–H and O–H groups in total. The van der Waals surface area contributed by atoms with Crippen LogP contribution < -0.4 is 4.74 Å². The quantitative estimate of drug-likeness (QED) is 0.753. The van der Waals surface area contributed by atoms with Crippen LogP contribution in [0.3, 0.4) is 0 Å². The second-order valence-corrected chi connectivity index (χ2v) is 6.55. The second kappa shape index (κ2) is 6.73. The molecule has 0 aliphatic carbocycles. The Balaban J connectivity index is 2.97. The molecular weight excluding hydrogens is 346 g/mol. The summed E-state index contributed by atoms with van der Waals surface area (Å²) in [6, 6.07) is 4.12. The van der Waals surface area contributed by atoms with E-state index in [9.17, 15) is 13.6 Å². The number of carbonyl (C=O) groups is 1. The highest BCUT2D eigenvalue weighted by atomic mass is 79.9. The van der Waals surface area contributed by atoms with Crippen LogP contribution in [0, 0.1) is 5.41 Å². The Hall–Kier alpha value is -1.17. The van der Waals surface area contributed by atoms with Crippen molar-refractivity contribution in [3.63, 3.8) is 0 Å². The molecule has 1 rings (SSSR count). The summed E-state index contributed by atoms with van der Waals surface area (Å²) < 4.78 is 34.4. The molecule has 0 saturated carbocycles. The number of aliphatic carboxylic acids is 1. The molecular formula is C15H19BrF2O3. The van der Waals surface area contributed by atoms with Gasteiger partial charge in [-0.05, 0) is 46.5 Å². The minimum Gasteiger partial charge on any atom is -0.493 e. The van der Waals surface area contributed by atoms with Crippen LogP contribution in [-0.2, 0) is 10.7 Å². The highest BCUT2D eigenvalue weighted by Crippen LogP contribution is 2.43. The minimum absolute atomic E-state index is 0.156. The van der Waals surface area contributed by atoms with Gasteiger partial charge in [0.25, 0.3) is 5.92 Å². The predicted molar refractivity (Wildman–Crippen MR) is 79.9 cm³/mol. The lowest BCUT2D eigenvalue weighted by Crippen LogP contribution is -2.26. The van der Waals surface area contributed by atoms with Gasteiger partial charge in [-0.25, -0.2) is 8.78 Å². The lowest BCUT2D eigenvalue weighted by molar-refractivity contribution is -0.140. The molecule has 0 saturated heterocycles. The lowest BCUT2D eigenvalue weighted by atomic mass is 9.81. The number of hydrogen-bond donors (Lipinski definition) is 1.